The fourth-order valence-electron chi connectivity index (χ4n) is 1.08. The average molecular weight is 370 g/mol. The molecule has 0 unspecified atom stereocenters. The number of carbonyl (C=O) groups excluding carboxylic acids is 1. The molecule has 9 heteroatoms. The summed E-state index contributed by atoms with van der Waals surface area (Å²) in [5, 5.41) is 0. The van der Waals surface area contributed by atoms with E-state index >= 15 is 0 Å². The van der Waals surface area contributed by atoms with Crippen molar-refractivity contribution in [2.45, 2.75) is 26.7 Å². The molecule has 0 saturated heterocycles. The maximum Gasteiger partial charge on any atom is 0.469 e. The predicted octanol–water partition coefficient (Wildman–Crippen LogP) is 1.72. The predicted molar refractivity (Wildman–Crippen MR) is 92.4 cm³/mol. The second-order valence-electron chi connectivity index (χ2n) is 6.22. The molecule has 0 aromatic heterocycles. The van der Waals surface area contributed by atoms with Crippen molar-refractivity contribution in [2.75, 3.05) is 54.1 Å². The first kappa shape index (κ1) is 25.5. The third kappa shape index (κ3) is 23.5. The molecule has 0 spiro atoms. The van der Waals surface area contributed by atoms with Crippen LogP contribution in [0.25, 0.3) is 0 Å². The summed E-state index contributed by atoms with van der Waals surface area (Å²) in [7, 11) is 2.11. The highest BCUT2D eigenvalue weighted by atomic mass is 31.2. The number of ether oxygens (including phenoxy) is 2. The van der Waals surface area contributed by atoms with Gasteiger partial charge < -0.3 is 23.7 Å². The average Bonchev–Trinajstić information content (AvgIpc) is 2.40. The van der Waals surface area contributed by atoms with Gasteiger partial charge in [0, 0.05) is 5.57 Å². The Morgan fingerprint density at radius 3 is 2.12 bits per heavy atom. The molecule has 8 nitrogen and oxygen atoms in total. The van der Waals surface area contributed by atoms with Crippen molar-refractivity contribution in [2.24, 2.45) is 0 Å². The van der Waals surface area contributed by atoms with Crippen molar-refractivity contribution in [1.29, 1.82) is 0 Å². The molecule has 0 saturated carbocycles. The van der Waals surface area contributed by atoms with Crippen LogP contribution in [0.15, 0.2) is 12.2 Å². The van der Waals surface area contributed by atoms with E-state index in [1.165, 1.54) is 0 Å². The lowest BCUT2D eigenvalue weighted by atomic mass is 10.4. The van der Waals surface area contributed by atoms with Gasteiger partial charge >= 0.3 is 13.8 Å². The number of phosphoric ester groups is 1. The van der Waals surface area contributed by atoms with Crippen LogP contribution in [-0.4, -0.2) is 74.4 Å². The van der Waals surface area contributed by atoms with E-state index < -0.39 is 7.82 Å². The second-order valence-corrected chi connectivity index (χ2v) is 7.46. The molecular weight excluding hydrogens is 337 g/mol. The van der Waals surface area contributed by atoms with E-state index in [4.69, 9.17) is 19.3 Å². The smallest absolute Gasteiger partial charge is 0.460 e. The van der Waals surface area contributed by atoms with Gasteiger partial charge in [-0.3, -0.25) is 4.52 Å². The number of likely N-dealkylation sites (N-methyl/N-ethyl adjacent to an activating group) is 1. The summed E-state index contributed by atoms with van der Waals surface area (Å²) in [6.45, 7) is 9.52. The molecule has 0 aromatic carbocycles. The Morgan fingerprint density at radius 2 is 1.71 bits per heavy atom. The molecule has 2 N–H and O–H groups in total. The first-order chi connectivity index (χ1) is 10.9. The molecule has 0 radical (unpaired) electrons. The SMILES string of the molecule is C=C(C)C(=O)OCCOCC[N+](C)(C)C.CCCCOP(=O)(O)O. The number of hydrogen-bond donors (Lipinski definition) is 2. The van der Waals surface area contributed by atoms with E-state index in [1.54, 1.807) is 6.92 Å². The molecule has 0 aromatic rings. The first-order valence-corrected chi connectivity index (χ1v) is 9.33. The Labute approximate surface area is 145 Å². The molecule has 0 aliphatic heterocycles. The number of carbonyl (C=O) groups is 1. The summed E-state index contributed by atoms with van der Waals surface area (Å²) in [4.78, 5) is 27.2. The normalized spacial score (nSPS) is 11.5. The molecule has 24 heavy (non-hydrogen) atoms. The van der Waals surface area contributed by atoms with E-state index in [9.17, 15) is 9.36 Å². The number of unbranched alkanes of at least 4 members (excludes halogenated alkanes) is 1. The topological polar surface area (TPSA) is 102 Å². The van der Waals surface area contributed by atoms with Crippen molar-refractivity contribution in [1.82, 2.24) is 0 Å². The molecule has 144 valence electrons. The van der Waals surface area contributed by atoms with E-state index in [0.29, 0.717) is 31.8 Å². The van der Waals surface area contributed by atoms with Crippen LogP contribution in [0.4, 0.5) is 0 Å². The molecule has 0 heterocycles. The number of rotatable bonds is 11. The van der Waals surface area contributed by atoms with Gasteiger partial charge in [-0.15, -0.1) is 0 Å². The van der Waals surface area contributed by atoms with Crippen LogP contribution >= 0.6 is 7.82 Å². The Hall–Kier alpha value is -0.760. The zero-order valence-corrected chi connectivity index (χ0v) is 16.4. The van der Waals surface area contributed by atoms with Crippen LogP contribution in [0.2, 0.25) is 0 Å². The van der Waals surface area contributed by atoms with Gasteiger partial charge in [-0.1, -0.05) is 19.9 Å². The van der Waals surface area contributed by atoms with Crippen LogP contribution in [0.3, 0.4) is 0 Å². The van der Waals surface area contributed by atoms with Gasteiger partial charge in [-0.05, 0) is 13.3 Å². The van der Waals surface area contributed by atoms with Crippen LogP contribution in [0.5, 0.6) is 0 Å². The monoisotopic (exact) mass is 370 g/mol. The minimum Gasteiger partial charge on any atom is -0.460 e. The molecule has 0 fully saturated rings. The third-order valence-corrected chi connectivity index (χ3v) is 2.99. The largest absolute Gasteiger partial charge is 0.469 e. The molecule has 0 aliphatic carbocycles. The number of quaternary nitrogens is 1. The molecule has 0 bridgehead atoms. The number of phosphoric acid groups is 1. The van der Waals surface area contributed by atoms with Gasteiger partial charge in [0.2, 0.25) is 0 Å². The van der Waals surface area contributed by atoms with E-state index in [-0.39, 0.29) is 12.6 Å². The Kier molecular flexibility index (Phi) is 14.4. The van der Waals surface area contributed by atoms with Gasteiger partial charge in [-0.2, -0.15) is 0 Å². The minimum absolute atomic E-state index is 0.140. The van der Waals surface area contributed by atoms with Crippen molar-refractivity contribution in [3.8, 4) is 0 Å². The highest BCUT2D eigenvalue weighted by Gasteiger charge is 2.11. The van der Waals surface area contributed by atoms with E-state index in [2.05, 4.69) is 32.2 Å². The molecule has 0 amide bonds. The van der Waals surface area contributed by atoms with Gasteiger partial charge in [0.1, 0.15) is 13.2 Å². The van der Waals surface area contributed by atoms with Crippen molar-refractivity contribution in [3.05, 3.63) is 12.2 Å². The zero-order valence-electron chi connectivity index (χ0n) is 15.5. The lowest BCUT2D eigenvalue weighted by Gasteiger charge is -2.23. The van der Waals surface area contributed by atoms with E-state index in [0.717, 1.165) is 17.4 Å². The van der Waals surface area contributed by atoms with Gasteiger partial charge in [0.25, 0.3) is 0 Å². The van der Waals surface area contributed by atoms with Gasteiger partial charge in [0.05, 0.1) is 41.0 Å². The summed E-state index contributed by atoms with van der Waals surface area (Å²) in [6.07, 6.45) is 1.56. The Balaban J connectivity index is 0. The van der Waals surface area contributed by atoms with Crippen LogP contribution in [0, 0.1) is 0 Å². The second kappa shape index (κ2) is 13.5. The van der Waals surface area contributed by atoms with Crippen molar-refractivity contribution >= 4 is 13.8 Å². The van der Waals surface area contributed by atoms with Crippen LogP contribution < -0.4 is 0 Å². The van der Waals surface area contributed by atoms with E-state index in [1.807, 2.05) is 6.92 Å². The van der Waals surface area contributed by atoms with Crippen molar-refractivity contribution < 1.29 is 37.6 Å². The molecule has 0 aliphatic rings. The minimum atomic E-state index is -4.20. The highest BCUT2D eigenvalue weighted by Crippen LogP contribution is 2.35. The summed E-state index contributed by atoms with van der Waals surface area (Å²) in [5.41, 5.74) is 0.418. The Bertz CT molecular complexity index is 401. The Morgan fingerprint density at radius 1 is 1.12 bits per heavy atom. The van der Waals surface area contributed by atoms with Gasteiger partial charge in [0.15, 0.2) is 0 Å². The number of nitrogens with zero attached hydrogens (tertiary/aromatic N) is 1. The highest BCUT2D eigenvalue weighted by molar-refractivity contribution is 7.46. The standard InChI is InChI=1S/C11H22NO3.C4H11O4P/c1-10(2)11(13)15-9-8-14-7-6-12(3,4)5;1-2-3-4-8-9(5,6)7/h1,6-9H2,2-5H3;2-4H2,1H3,(H2,5,6,7)/q+1;. The fourth-order valence-corrected chi connectivity index (χ4v) is 1.45. The molecular formula is C15H33NO7P+. The lowest BCUT2D eigenvalue weighted by molar-refractivity contribution is -0.870. The van der Waals surface area contributed by atoms with Crippen LogP contribution in [-0.2, 0) is 23.4 Å². The first-order valence-electron chi connectivity index (χ1n) is 7.80. The zero-order chi connectivity index (χ0) is 19.2. The molecule has 0 rings (SSSR count). The number of hydrogen-bond acceptors (Lipinski definition) is 5. The third-order valence-electron chi connectivity index (χ3n) is 2.47. The summed E-state index contributed by atoms with van der Waals surface area (Å²) in [5.74, 6) is -0.356. The summed E-state index contributed by atoms with van der Waals surface area (Å²) in [6, 6.07) is 0. The fraction of sp³-hybridized carbons (Fsp3) is 0.800. The summed E-state index contributed by atoms with van der Waals surface area (Å²) < 4.78 is 25.2. The lowest BCUT2D eigenvalue weighted by Crippen LogP contribution is -2.37. The summed E-state index contributed by atoms with van der Waals surface area (Å²) >= 11 is 0. The maximum atomic E-state index is 11.0. The number of esters is 1. The maximum absolute atomic E-state index is 11.0. The molecule has 0 atom stereocenters. The van der Waals surface area contributed by atoms with Crippen molar-refractivity contribution in [3.63, 3.8) is 0 Å². The van der Waals surface area contributed by atoms with Gasteiger partial charge in [-0.25, -0.2) is 9.36 Å². The van der Waals surface area contributed by atoms with Crippen LogP contribution in [0.1, 0.15) is 26.7 Å². The quantitative estimate of drug-likeness (QED) is 0.188.